The summed E-state index contributed by atoms with van der Waals surface area (Å²) < 4.78 is 0. The molecule has 5 nitrogen and oxygen atoms in total. The highest BCUT2D eigenvalue weighted by Crippen LogP contribution is 2.30. The number of aliphatic hydroxyl groups is 1. The van der Waals surface area contributed by atoms with Crippen LogP contribution >= 0.6 is 12.4 Å². The van der Waals surface area contributed by atoms with E-state index in [1.54, 1.807) is 0 Å². The molecule has 3 aliphatic rings. The molecule has 144 valence electrons. The maximum absolute atomic E-state index is 12.4. The van der Waals surface area contributed by atoms with Crippen LogP contribution < -0.4 is 5.32 Å². The van der Waals surface area contributed by atoms with E-state index >= 15 is 0 Å². The molecular weight excluding hydrogens is 340 g/mol. The SMILES string of the molecule is Cl.O=C1CCC(CCC(=O)N2CCC(C(O)C3CCNCC3)CC2)C1. The van der Waals surface area contributed by atoms with E-state index in [0.717, 1.165) is 64.7 Å². The molecule has 2 unspecified atom stereocenters. The summed E-state index contributed by atoms with van der Waals surface area (Å²) in [5.74, 6) is 1.81. The van der Waals surface area contributed by atoms with E-state index in [-0.39, 0.29) is 24.4 Å². The van der Waals surface area contributed by atoms with Crippen LogP contribution in [0.15, 0.2) is 0 Å². The third-order valence-electron chi connectivity index (χ3n) is 6.36. The average Bonchev–Trinajstić information content (AvgIpc) is 3.05. The molecule has 2 atom stereocenters. The molecule has 6 heteroatoms. The Hall–Kier alpha value is -0.650. The molecule has 0 bridgehead atoms. The first-order chi connectivity index (χ1) is 11.6. The number of likely N-dealkylation sites (tertiary alicyclic amines) is 1. The van der Waals surface area contributed by atoms with Crippen LogP contribution in [0.2, 0.25) is 0 Å². The van der Waals surface area contributed by atoms with E-state index < -0.39 is 0 Å². The number of halogens is 1. The summed E-state index contributed by atoms with van der Waals surface area (Å²) in [4.78, 5) is 25.7. The first-order valence-electron chi connectivity index (χ1n) is 9.81. The molecule has 0 aromatic carbocycles. The molecular formula is C19H33ClN2O3. The number of hydrogen-bond acceptors (Lipinski definition) is 4. The highest BCUT2D eigenvalue weighted by Gasteiger charge is 2.32. The van der Waals surface area contributed by atoms with Crippen molar-refractivity contribution in [3.8, 4) is 0 Å². The molecule has 2 aliphatic heterocycles. The predicted molar refractivity (Wildman–Crippen MR) is 99.7 cm³/mol. The Balaban J connectivity index is 0.00000225. The van der Waals surface area contributed by atoms with Crippen LogP contribution in [0.4, 0.5) is 0 Å². The van der Waals surface area contributed by atoms with Crippen LogP contribution in [0.3, 0.4) is 0 Å². The summed E-state index contributed by atoms with van der Waals surface area (Å²) in [6.45, 7) is 3.61. The predicted octanol–water partition coefficient (Wildman–Crippen LogP) is 2.16. The number of piperidine rings is 2. The lowest BCUT2D eigenvalue weighted by molar-refractivity contribution is -0.134. The van der Waals surface area contributed by atoms with E-state index in [1.165, 1.54) is 0 Å². The van der Waals surface area contributed by atoms with Gasteiger partial charge in [-0.25, -0.2) is 0 Å². The number of Topliss-reactive ketones (excluding diaryl/α,β-unsaturated/α-hetero) is 1. The number of carbonyl (C=O) groups excluding carboxylic acids is 2. The number of nitrogens with zero attached hydrogens (tertiary/aromatic N) is 1. The van der Waals surface area contributed by atoms with Crippen LogP contribution in [0.1, 0.15) is 57.8 Å². The Morgan fingerprint density at radius 2 is 1.76 bits per heavy atom. The molecule has 0 aromatic rings. The monoisotopic (exact) mass is 372 g/mol. The maximum atomic E-state index is 12.4. The lowest BCUT2D eigenvalue weighted by Gasteiger charge is -2.38. The van der Waals surface area contributed by atoms with E-state index in [9.17, 15) is 14.7 Å². The van der Waals surface area contributed by atoms with Gasteiger partial charge < -0.3 is 15.3 Å². The number of nitrogens with one attached hydrogen (secondary N) is 1. The number of ketones is 1. The minimum atomic E-state index is -0.200. The van der Waals surface area contributed by atoms with Gasteiger partial charge >= 0.3 is 0 Å². The second kappa shape index (κ2) is 9.89. The number of rotatable bonds is 5. The zero-order valence-electron chi connectivity index (χ0n) is 15.1. The molecule has 25 heavy (non-hydrogen) atoms. The van der Waals surface area contributed by atoms with Gasteiger partial charge in [0.05, 0.1) is 6.10 Å². The minimum Gasteiger partial charge on any atom is -0.393 e. The van der Waals surface area contributed by atoms with Crippen LogP contribution in [0.5, 0.6) is 0 Å². The van der Waals surface area contributed by atoms with Crippen LogP contribution in [-0.2, 0) is 9.59 Å². The van der Waals surface area contributed by atoms with E-state index in [2.05, 4.69) is 5.32 Å². The molecule has 3 fully saturated rings. The number of amides is 1. The summed E-state index contributed by atoms with van der Waals surface area (Å²) in [6, 6.07) is 0. The van der Waals surface area contributed by atoms with Gasteiger partial charge in [-0.2, -0.15) is 0 Å². The molecule has 1 saturated carbocycles. The standard InChI is InChI=1S/C19H32N2O3.ClH/c22-17-3-1-14(13-17)2-4-18(23)21-11-7-16(8-12-21)19(24)15-5-9-20-10-6-15;/h14-16,19-20,24H,1-13H2;1H. The van der Waals surface area contributed by atoms with Crippen molar-refractivity contribution >= 4 is 24.1 Å². The summed E-state index contributed by atoms with van der Waals surface area (Å²) in [7, 11) is 0. The largest absolute Gasteiger partial charge is 0.393 e. The summed E-state index contributed by atoms with van der Waals surface area (Å²) in [5.41, 5.74) is 0. The quantitative estimate of drug-likeness (QED) is 0.775. The molecule has 2 saturated heterocycles. The second-order valence-electron chi connectivity index (χ2n) is 7.98. The maximum Gasteiger partial charge on any atom is 0.222 e. The number of carbonyl (C=O) groups is 2. The minimum absolute atomic E-state index is 0. The van der Waals surface area contributed by atoms with Crippen molar-refractivity contribution in [3.63, 3.8) is 0 Å². The van der Waals surface area contributed by atoms with E-state index in [1.807, 2.05) is 4.90 Å². The zero-order chi connectivity index (χ0) is 16.9. The molecule has 2 N–H and O–H groups in total. The average molecular weight is 373 g/mol. The Morgan fingerprint density at radius 3 is 2.36 bits per heavy atom. The fraction of sp³-hybridized carbons (Fsp3) is 0.895. The van der Waals surface area contributed by atoms with Crippen LogP contribution in [-0.4, -0.2) is 54.0 Å². The molecule has 0 radical (unpaired) electrons. The van der Waals surface area contributed by atoms with Gasteiger partial charge in [0.1, 0.15) is 5.78 Å². The van der Waals surface area contributed by atoms with Gasteiger partial charge in [-0.1, -0.05) is 0 Å². The highest BCUT2D eigenvalue weighted by molar-refractivity contribution is 5.85. The first-order valence-corrected chi connectivity index (χ1v) is 9.81. The Labute approximate surface area is 157 Å². The van der Waals surface area contributed by atoms with Gasteiger partial charge in [0.2, 0.25) is 5.91 Å². The van der Waals surface area contributed by atoms with Crippen molar-refractivity contribution in [2.24, 2.45) is 17.8 Å². The molecule has 1 aliphatic carbocycles. The van der Waals surface area contributed by atoms with Gasteiger partial charge in [0.15, 0.2) is 0 Å². The van der Waals surface area contributed by atoms with Gasteiger partial charge in [-0.15, -0.1) is 12.4 Å². The van der Waals surface area contributed by atoms with Gasteiger partial charge in [-0.3, -0.25) is 9.59 Å². The number of aliphatic hydroxyl groups excluding tert-OH is 1. The highest BCUT2D eigenvalue weighted by atomic mass is 35.5. The molecule has 2 heterocycles. The third kappa shape index (κ3) is 5.66. The fourth-order valence-electron chi connectivity index (χ4n) is 4.68. The zero-order valence-corrected chi connectivity index (χ0v) is 15.9. The van der Waals surface area contributed by atoms with Crippen molar-refractivity contribution in [2.75, 3.05) is 26.2 Å². The van der Waals surface area contributed by atoms with Crippen molar-refractivity contribution < 1.29 is 14.7 Å². The third-order valence-corrected chi connectivity index (χ3v) is 6.36. The Kier molecular flexibility index (Phi) is 8.17. The van der Waals surface area contributed by atoms with Crippen molar-refractivity contribution in [1.29, 1.82) is 0 Å². The molecule has 1 amide bonds. The van der Waals surface area contributed by atoms with Gasteiger partial charge in [0.25, 0.3) is 0 Å². The van der Waals surface area contributed by atoms with Crippen molar-refractivity contribution in [2.45, 2.75) is 63.9 Å². The summed E-state index contributed by atoms with van der Waals surface area (Å²) >= 11 is 0. The summed E-state index contributed by atoms with van der Waals surface area (Å²) in [6.07, 6.45) is 7.60. The van der Waals surface area contributed by atoms with Crippen molar-refractivity contribution in [1.82, 2.24) is 10.2 Å². The van der Waals surface area contributed by atoms with Crippen LogP contribution in [0.25, 0.3) is 0 Å². The molecule has 0 spiro atoms. The fourth-order valence-corrected chi connectivity index (χ4v) is 4.68. The van der Waals surface area contributed by atoms with Gasteiger partial charge in [-0.05, 0) is 69.4 Å². The van der Waals surface area contributed by atoms with E-state index in [0.29, 0.717) is 42.8 Å². The van der Waals surface area contributed by atoms with Crippen LogP contribution in [0, 0.1) is 17.8 Å². The molecule has 0 aromatic heterocycles. The lowest BCUT2D eigenvalue weighted by Crippen LogP contribution is -2.44. The summed E-state index contributed by atoms with van der Waals surface area (Å²) in [5, 5.41) is 14.0. The number of hydrogen-bond donors (Lipinski definition) is 2. The first kappa shape index (κ1) is 20.7. The smallest absolute Gasteiger partial charge is 0.222 e. The van der Waals surface area contributed by atoms with Gasteiger partial charge in [0, 0.05) is 32.4 Å². The lowest BCUT2D eigenvalue weighted by atomic mass is 9.80. The van der Waals surface area contributed by atoms with Crippen molar-refractivity contribution in [3.05, 3.63) is 0 Å². The van der Waals surface area contributed by atoms with E-state index in [4.69, 9.17) is 0 Å². The topological polar surface area (TPSA) is 69.6 Å². The molecule has 3 rings (SSSR count). The normalized spacial score (nSPS) is 27.2. The Bertz CT molecular complexity index is 446. The second-order valence-corrected chi connectivity index (χ2v) is 7.98. The Morgan fingerprint density at radius 1 is 1.12 bits per heavy atom.